The molecule has 10 heteroatoms. The summed E-state index contributed by atoms with van der Waals surface area (Å²) in [7, 11) is 0. The summed E-state index contributed by atoms with van der Waals surface area (Å²) >= 11 is 9.45. The van der Waals surface area contributed by atoms with E-state index < -0.39 is 18.2 Å². The van der Waals surface area contributed by atoms with Crippen LogP contribution in [-0.4, -0.2) is 36.4 Å². The van der Waals surface area contributed by atoms with Gasteiger partial charge in [-0.15, -0.1) is 5.06 Å². The molecule has 1 aliphatic rings. The van der Waals surface area contributed by atoms with Crippen LogP contribution in [0.4, 0.5) is 13.2 Å². The summed E-state index contributed by atoms with van der Waals surface area (Å²) in [5, 5.41) is 1.46. The van der Waals surface area contributed by atoms with E-state index in [9.17, 15) is 18.0 Å². The lowest BCUT2D eigenvalue weighted by molar-refractivity contribution is -0.262. The number of hydrogen-bond acceptors (Lipinski definition) is 5. The van der Waals surface area contributed by atoms with Crippen LogP contribution in [0.15, 0.2) is 46.9 Å². The number of alkyl halides is 3. The van der Waals surface area contributed by atoms with E-state index in [4.69, 9.17) is 21.1 Å². The fraction of sp³-hybridized carbons (Fsp3) is 0.278. The number of ether oxygens (including phenoxy) is 2. The van der Waals surface area contributed by atoms with E-state index in [2.05, 4.69) is 20.8 Å². The van der Waals surface area contributed by atoms with Gasteiger partial charge < -0.3 is 14.3 Å². The number of hydroxylamine groups is 2. The number of halogens is 5. The Morgan fingerprint density at radius 3 is 2.57 bits per heavy atom. The van der Waals surface area contributed by atoms with Crippen LogP contribution in [0.25, 0.3) is 0 Å². The lowest BCUT2D eigenvalue weighted by Crippen LogP contribution is -2.55. The quantitative estimate of drug-likeness (QED) is 0.596. The summed E-state index contributed by atoms with van der Waals surface area (Å²) in [4.78, 5) is 15.0. The molecule has 0 saturated carbocycles. The van der Waals surface area contributed by atoms with E-state index in [0.29, 0.717) is 16.5 Å². The molecule has 0 N–H and O–H groups in total. The van der Waals surface area contributed by atoms with Crippen LogP contribution in [0, 0.1) is 0 Å². The van der Waals surface area contributed by atoms with Gasteiger partial charge in [0.15, 0.2) is 11.5 Å². The Kier molecular flexibility index (Phi) is 6.36. The van der Waals surface area contributed by atoms with E-state index in [1.165, 1.54) is 0 Å². The van der Waals surface area contributed by atoms with Crippen molar-refractivity contribution < 1.29 is 32.3 Å². The van der Waals surface area contributed by atoms with Crippen molar-refractivity contribution in [3.05, 3.63) is 57.5 Å². The van der Waals surface area contributed by atoms with Crippen molar-refractivity contribution >= 4 is 33.5 Å². The highest BCUT2D eigenvalue weighted by atomic mass is 79.9. The molecular weight excluding hydrogens is 467 g/mol. The van der Waals surface area contributed by atoms with Crippen molar-refractivity contribution in [3.8, 4) is 11.5 Å². The Labute approximate surface area is 172 Å². The molecule has 0 bridgehead atoms. The second kappa shape index (κ2) is 8.59. The molecule has 0 unspecified atom stereocenters. The molecule has 0 aliphatic carbocycles. The summed E-state index contributed by atoms with van der Waals surface area (Å²) in [6.07, 6.45) is -5.48. The number of rotatable bonds is 6. The molecule has 0 atom stereocenters. The van der Waals surface area contributed by atoms with Gasteiger partial charge in [-0.2, -0.15) is 13.2 Å². The molecule has 0 aromatic heterocycles. The van der Waals surface area contributed by atoms with Crippen LogP contribution >= 0.6 is 27.5 Å². The van der Waals surface area contributed by atoms with Crippen LogP contribution in [-0.2, 0) is 16.2 Å². The third-order valence-electron chi connectivity index (χ3n) is 3.80. The lowest BCUT2D eigenvalue weighted by Gasteiger charge is -2.37. The molecule has 1 aliphatic heterocycles. The fourth-order valence-corrected chi connectivity index (χ4v) is 2.89. The van der Waals surface area contributed by atoms with Gasteiger partial charge in [-0.1, -0.05) is 45.7 Å². The lowest BCUT2D eigenvalue weighted by atomic mass is 10.2. The number of benzene rings is 2. The highest BCUT2D eigenvalue weighted by molar-refractivity contribution is 9.10. The van der Waals surface area contributed by atoms with Gasteiger partial charge in [-0.05, 0) is 24.3 Å². The van der Waals surface area contributed by atoms with Crippen LogP contribution < -0.4 is 9.47 Å². The maximum absolute atomic E-state index is 12.2. The first kappa shape index (κ1) is 20.8. The largest absolute Gasteiger partial charge is 0.492 e. The second-order valence-corrected chi connectivity index (χ2v) is 7.26. The molecule has 3 rings (SSSR count). The van der Waals surface area contributed by atoms with E-state index in [0.717, 1.165) is 15.1 Å². The first-order chi connectivity index (χ1) is 13.2. The first-order valence-corrected chi connectivity index (χ1v) is 9.26. The number of nitrogens with zero attached hydrogens (tertiary/aromatic N) is 1. The molecule has 150 valence electrons. The molecule has 1 fully saturated rings. The molecule has 0 amide bonds. The molecule has 2 aromatic rings. The number of carbonyl (C=O) groups is 1. The van der Waals surface area contributed by atoms with Crippen molar-refractivity contribution in [2.24, 2.45) is 0 Å². The Morgan fingerprint density at radius 1 is 1.18 bits per heavy atom. The van der Waals surface area contributed by atoms with Crippen molar-refractivity contribution in [2.45, 2.75) is 18.9 Å². The third-order valence-corrected chi connectivity index (χ3v) is 4.66. The molecule has 2 aromatic carbocycles. The van der Waals surface area contributed by atoms with Crippen molar-refractivity contribution in [2.75, 3.05) is 13.1 Å². The van der Waals surface area contributed by atoms with Gasteiger partial charge in [-0.3, -0.25) is 0 Å². The maximum Gasteiger partial charge on any atom is 0.492 e. The summed E-state index contributed by atoms with van der Waals surface area (Å²) in [5.74, 6) is -1.39. The predicted octanol–water partition coefficient (Wildman–Crippen LogP) is 4.77. The number of carbonyl (C=O) groups excluding carboxylic acids is 1. The minimum atomic E-state index is -5.03. The summed E-state index contributed by atoms with van der Waals surface area (Å²) in [6.45, 7) is 0.244. The summed E-state index contributed by atoms with van der Waals surface area (Å²) in [6, 6.07) is 12.4. The van der Waals surface area contributed by atoms with Crippen molar-refractivity contribution in [1.29, 1.82) is 0 Å². The fourth-order valence-electron chi connectivity index (χ4n) is 2.36. The molecule has 1 heterocycles. The second-order valence-electron chi connectivity index (χ2n) is 5.93. The standard InChI is InChI=1S/C18H14BrClF3NO4/c19-12-5-6-15(26-10-11-3-1-2-4-14(11)20)16(7-12)27-13-8-24(9-13)28-17(25)18(21,22)23/h1-7,13H,8-10H2. The van der Waals surface area contributed by atoms with Gasteiger partial charge in [0.2, 0.25) is 0 Å². The van der Waals surface area contributed by atoms with E-state index in [1.54, 1.807) is 24.3 Å². The molecule has 0 radical (unpaired) electrons. The molecule has 1 saturated heterocycles. The zero-order valence-electron chi connectivity index (χ0n) is 14.2. The van der Waals surface area contributed by atoms with Gasteiger partial charge in [0.25, 0.3) is 0 Å². The van der Waals surface area contributed by atoms with Crippen LogP contribution in [0.2, 0.25) is 5.02 Å². The summed E-state index contributed by atoms with van der Waals surface area (Å²) < 4.78 is 48.9. The van der Waals surface area contributed by atoms with Crippen LogP contribution in [0.5, 0.6) is 11.5 Å². The van der Waals surface area contributed by atoms with E-state index in [-0.39, 0.29) is 19.7 Å². The minimum Gasteiger partial charge on any atom is -0.485 e. The van der Waals surface area contributed by atoms with Gasteiger partial charge in [0, 0.05) is 15.1 Å². The Bertz CT molecular complexity index is 859. The maximum atomic E-state index is 12.2. The SMILES string of the molecule is O=C(ON1CC(Oc2cc(Br)ccc2OCc2ccccc2Cl)C1)C(F)(F)F. The topological polar surface area (TPSA) is 48.0 Å². The predicted molar refractivity (Wildman–Crippen MR) is 98.1 cm³/mol. The van der Waals surface area contributed by atoms with Gasteiger partial charge >= 0.3 is 12.1 Å². The average molecular weight is 481 g/mol. The normalized spacial score (nSPS) is 15.0. The zero-order valence-corrected chi connectivity index (χ0v) is 16.6. The Hall–Kier alpha value is -1.97. The van der Waals surface area contributed by atoms with Crippen LogP contribution in [0.1, 0.15) is 5.56 Å². The van der Waals surface area contributed by atoms with Crippen LogP contribution in [0.3, 0.4) is 0 Å². The Morgan fingerprint density at radius 2 is 1.89 bits per heavy atom. The van der Waals surface area contributed by atoms with Gasteiger partial charge in [0.1, 0.15) is 12.7 Å². The molecule has 28 heavy (non-hydrogen) atoms. The molecular formula is C18H14BrClF3NO4. The van der Waals surface area contributed by atoms with Gasteiger partial charge in [-0.25, -0.2) is 4.79 Å². The summed E-state index contributed by atoms with van der Waals surface area (Å²) in [5.41, 5.74) is 0.798. The third kappa shape index (κ3) is 5.30. The number of hydrogen-bond donors (Lipinski definition) is 0. The average Bonchev–Trinajstić information content (AvgIpc) is 2.59. The minimum absolute atomic E-state index is 0.0122. The monoisotopic (exact) mass is 479 g/mol. The van der Waals surface area contributed by atoms with E-state index in [1.807, 2.05) is 18.2 Å². The highest BCUT2D eigenvalue weighted by Crippen LogP contribution is 2.34. The molecule has 0 spiro atoms. The zero-order chi connectivity index (χ0) is 20.3. The van der Waals surface area contributed by atoms with Gasteiger partial charge in [0.05, 0.1) is 13.1 Å². The molecule has 5 nitrogen and oxygen atoms in total. The Balaban J connectivity index is 1.58. The first-order valence-electron chi connectivity index (χ1n) is 8.09. The van der Waals surface area contributed by atoms with Crippen molar-refractivity contribution in [1.82, 2.24) is 5.06 Å². The smallest absolute Gasteiger partial charge is 0.485 e. The highest BCUT2D eigenvalue weighted by Gasteiger charge is 2.44. The van der Waals surface area contributed by atoms with Crippen molar-refractivity contribution in [3.63, 3.8) is 0 Å². The van der Waals surface area contributed by atoms with E-state index >= 15 is 0 Å².